The number of aromatic nitrogens is 1. The monoisotopic (exact) mass is 374 g/mol. The van der Waals surface area contributed by atoms with Gasteiger partial charge in [0.1, 0.15) is 11.5 Å². The molecule has 1 fully saturated rings. The van der Waals surface area contributed by atoms with Crippen molar-refractivity contribution in [2.75, 3.05) is 4.90 Å². The fourth-order valence-corrected chi connectivity index (χ4v) is 3.29. The average Bonchev–Trinajstić information content (AvgIpc) is 3.00. The van der Waals surface area contributed by atoms with Crippen LogP contribution in [0.15, 0.2) is 84.6 Å². The second-order valence-corrected chi connectivity index (χ2v) is 6.27. The van der Waals surface area contributed by atoms with Gasteiger partial charge < -0.3 is 5.11 Å². The number of anilines is 1. The van der Waals surface area contributed by atoms with Crippen LogP contribution in [0.1, 0.15) is 17.3 Å². The van der Waals surface area contributed by atoms with E-state index < -0.39 is 23.5 Å². The molecule has 0 spiro atoms. The molecule has 1 N–H and O–H groups in total. The fourth-order valence-electron chi connectivity index (χ4n) is 3.29. The smallest absolute Gasteiger partial charge is 0.300 e. The summed E-state index contributed by atoms with van der Waals surface area (Å²) in [6.45, 7) is 0. The number of benzene rings is 2. The van der Waals surface area contributed by atoms with Crippen molar-refractivity contribution in [3.8, 4) is 0 Å². The molecule has 1 atom stereocenters. The van der Waals surface area contributed by atoms with Crippen molar-refractivity contribution < 1.29 is 19.1 Å². The van der Waals surface area contributed by atoms with E-state index in [1.165, 1.54) is 35.4 Å². The van der Waals surface area contributed by atoms with Crippen LogP contribution in [-0.4, -0.2) is 21.8 Å². The summed E-state index contributed by atoms with van der Waals surface area (Å²) < 4.78 is 13.4. The van der Waals surface area contributed by atoms with E-state index in [9.17, 15) is 19.1 Å². The van der Waals surface area contributed by atoms with Crippen molar-refractivity contribution in [2.24, 2.45) is 0 Å². The van der Waals surface area contributed by atoms with Crippen LogP contribution in [-0.2, 0) is 9.59 Å². The molecule has 1 aromatic heterocycles. The summed E-state index contributed by atoms with van der Waals surface area (Å²) in [6.07, 6.45) is 1.48. The summed E-state index contributed by atoms with van der Waals surface area (Å²) in [4.78, 5) is 31.1. The van der Waals surface area contributed by atoms with Crippen LogP contribution in [0.3, 0.4) is 0 Å². The fraction of sp³-hybridized carbons (Fsp3) is 0.0455. The van der Waals surface area contributed by atoms with Gasteiger partial charge in [-0.25, -0.2) is 4.39 Å². The molecule has 0 radical (unpaired) electrons. The Morgan fingerprint density at radius 1 is 0.929 bits per heavy atom. The van der Waals surface area contributed by atoms with E-state index in [2.05, 4.69) is 4.98 Å². The average molecular weight is 374 g/mol. The Morgan fingerprint density at radius 3 is 2.25 bits per heavy atom. The number of rotatable bonds is 3. The Morgan fingerprint density at radius 2 is 1.61 bits per heavy atom. The lowest BCUT2D eigenvalue weighted by atomic mass is 9.96. The first-order chi connectivity index (χ1) is 13.6. The van der Waals surface area contributed by atoms with Crippen LogP contribution < -0.4 is 4.90 Å². The lowest BCUT2D eigenvalue weighted by molar-refractivity contribution is -0.132. The van der Waals surface area contributed by atoms with Crippen molar-refractivity contribution in [1.29, 1.82) is 0 Å². The highest BCUT2D eigenvalue weighted by Crippen LogP contribution is 2.41. The van der Waals surface area contributed by atoms with E-state index in [4.69, 9.17) is 0 Å². The maximum Gasteiger partial charge on any atom is 0.300 e. The van der Waals surface area contributed by atoms with E-state index in [0.29, 0.717) is 11.3 Å². The van der Waals surface area contributed by atoms with Crippen LogP contribution in [0.2, 0.25) is 0 Å². The molecule has 5 nitrogen and oxygen atoms in total. The standard InChI is InChI=1S/C22H15FN2O3/c23-15-11-9-14(10-12-15)19-18(20(26)17-8-4-5-13-24-17)21(27)22(28)25(19)16-6-2-1-3-7-16/h1-13,19,26H/t19-/m1/s1. The second kappa shape index (κ2) is 7.08. The molecule has 0 saturated carbocycles. The molecule has 0 bridgehead atoms. The molecule has 1 amide bonds. The topological polar surface area (TPSA) is 70.5 Å². The van der Waals surface area contributed by atoms with Crippen LogP contribution in [0.4, 0.5) is 10.1 Å². The van der Waals surface area contributed by atoms with Crippen LogP contribution in [0.5, 0.6) is 0 Å². The predicted octanol–water partition coefficient (Wildman–Crippen LogP) is 3.85. The number of aliphatic hydroxyl groups excluding tert-OH is 1. The molecule has 0 aliphatic carbocycles. The Kier molecular flexibility index (Phi) is 4.45. The molecular formula is C22H15FN2O3. The zero-order valence-electron chi connectivity index (χ0n) is 14.6. The number of hydrogen-bond acceptors (Lipinski definition) is 4. The Bertz CT molecular complexity index is 1060. The Hall–Kier alpha value is -3.80. The van der Waals surface area contributed by atoms with Crippen molar-refractivity contribution in [3.63, 3.8) is 0 Å². The third-order valence-electron chi connectivity index (χ3n) is 4.57. The van der Waals surface area contributed by atoms with Crippen molar-refractivity contribution in [1.82, 2.24) is 4.98 Å². The summed E-state index contributed by atoms with van der Waals surface area (Å²) >= 11 is 0. The molecule has 2 heterocycles. The Labute approximate surface area is 160 Å². The van der Waals surface area contributed by atoms with Crippen molar-refractivity contribution in [2.45, 2.75) is 6.04 Å². The van der Waals surface area contributed by atoms with Gasteiger partial charge in [-0.05, 0) is 42.0 Å². The number of para-hydroxylation sites is 1. The number of ketones is 1. The lowest BCUT2D eigenvalue weighted by Gasteiger charge is -2.25. The number of nitrogens with zero attached hydrogens (tertiary/aromatic N) is 2. The maximum atomic E-state index is 13.4. The molecule has 2 aromatic carbocycles. The minimum Gasteiger partial charge on any atom is -0.505 e. The highest BCUT2D eigenvalue weighted by Gasteiger charge is 2.47. The van der Waals surface area contributed by atoms with Crippen LogP contribution in [0, 0.1) is 5.82 Å². The van der Waals surface area contributed by atoms with Crippen LogP contribution in [0.25, 0.3) is 5.76 Å². The molecular weight excluding hydrogens is 359 g/mol. The van der Waals surface area contributed by atoms with E-state index in [0.717, 1.165) is 0 Å². The second-order valence-electron chi connectivity index (χ2n) is 6.27. The first-order valence-electron chi connectivity index (χ1n) is 8.61. The minimum absolute atomic E-state index is 0.0841. The van der Waals surface area contributed by atoms with E-state index in [1.807, 2.05) is 0 Å². The number of hydrogen-bond donors (Lipinski definition) is 1. The maximum absolute atomic E-state index is 13.4. The third kappa shape index (κ3) is 2.95. The first-order valence-corrected chi connectivity index (χ1v) is 8.61. The highest BCUT2D eigenvalue weighted by molar-refractivity contribution is 6.51. The van der Waals surface area contributed by atoms with Gasteiger partial charge in [-0.1, -0.05) is 36.4 Å². The summed E-state index contributed by atoms with van der Waals surface area (Å²) in [5.41, 5.74) is 1.10. The number of halogens is 1. The number of amides is 1. The number of carbonyl (C=O) groups is 2. The van der Waals surface area contributed by atoms with Gasteiger partial charge in [0.2, 0.25) is 0 Å². The molecule has 138 valence electrons. The number of pyridine rings is 1. The molecule has 1 aliphatic rings. The van der Waals surface area contributed by atoms with Gasteiger partial charge in [-0.15, -0.1) is 0 Å². The number of aliphatic hydroxyl groups is 1. The SMILES string of the molecule is O=C1C(=O)N(c2ccccc2)[C@H](c2ccc(F)cc2)C1=C(O)c1ccccn1. The van der Waals surface area contributed by atoms with Gasteiger partial charge >= 0.3 is 0 Å². The van der Waals surface area contributed by atoms with Gasteiger partial charge in [0, 0.05) is 11.9 Å². The largest absolute Gasteiger partial charge is 0.505 e. The van der Waals surface area contributed by atoms with E-state index >= 15 is 0 Å². The zero-order chi connectivity index (χ0) is 19.7. The summed E-state index contributed by atoms with van der Waals surface area (Å²) in [6, 6.07) is 18.2. The van der Waals surface area contributed by atoms with E-state index in [-0.39, 0.29) is 17.0 Å². The molecule has 0 unspecified atom stereocenters. The Balaban J connectivity index is 1.95. The van der Waals surface area contributed by atoms with Gasteiger partial charge in [-0.3, -0.25) is 19.5 Å². The normalized spacial score (nSPS) is 18.5. The minimum atomic E-state index is -0.898. The van der Waals surface area contributed by atoms with Gasteiger partial charge in [0.15, 0.2) is 5.76 Å². The van der Waals surface area contributed by atoms with Crippen molar-refractivity contribution in [3.05, 3.63) is 102 Å². The molecule has 1 aliphatic heterocycles. The molecule has 4 rings (SSSR count). The summed E-state index contributed by atoms with van der Waals surface area (Å²) in [5, 5.41) is 10.8. The van der Waals surface area contributed by atoms with Crippen LogP contribution >= 0.6 is 0 Å². The predicted molar refractivity (Wildman–Crippen MR) is 102 cm³/mol. The first kappa shape index (κ1) is 17.6. The summed E-state index contributed by atoms with van der Waals surface area (Å²) in [7, 11) is 0. The van der Waals surface area contributed by atoms with Crippen molar-refractivity contribution >= 4 is 23.1 Å². The van der Waals surface area contributed by atoms with Gasteiger partial charge in [0.05, 0.1) is 11.6 Å². The lowest BCUT2D eigenvalue weighted by Crippen LogP contribution is -2.29. The van der Waals surface area contributed by atoms with E-state index in [1.54, 1.807) is 48.5 Å². The quantitative estimate of drug-likeness (QED) is 0.430. The highest BCUT2D eigenvalue weighted by atomic mass is 19.1. The van der Waals surface area contributed by atoms with Gasteiger partial charge in [-0.2, -0.15) is 0 Å². The molecule has 3 aromatic rings. The molecule has 1 saturated heterocycles. The molecule has 6 heteroatoms. The number of Topliss-reactive ketones (excluding diaryl/α,β-unsaturated/α-hetero) is 1. The number of carbonyl (C=O) groups excluding carboxylic acids is 2. The summed E-state index contributed by atoms with van der Waals surface area (Å²) in [5.74, 6) is -2.39. The zero-order valence-corrected chi connectivity index (χ0v) is 14.6. The third-order valence-corrected chi connectivity index (χ3v) is 4.57. The van der Waals surface area contributed by atoms with Gasteiger partial charge in [0.25, 0.3) is 11.7 Å². The molecule has 28 heavy (non-hydrogen) atoms.